The summed E-state index contributed by atoms with van der Waals surface area (Å²) in [7, 11) is -7.97. The zero-order valence-corrected chi connectivity index (χ0v) is 32.2. The van der Waals surface area contributed by atoms with E-state index in [-0.39, 0.29) is 11.1 Å². The van der Waals surface area contributed by atoms with E-state index < -0.39 is 31.4 Å². The Morgan fingerprint density at radius 3 is 1.24 bits per heavy atom. The van der Waals surface area contributed by atoms with Crippen LogP contribution in [0, 0.1) is 0 Å². The second-order valence-corrected chi connectivity index (χ2v) is 32.6. The highest BCUT2D eigenvalue weighted by Crippen LogP contribution is 2.88. The smallest absolute Gasteiger partial charge is 0.268 e. The van der Waals surface area contributed by atoms with Crippen molar-refractivity contribution in [3.8, 4) is 0 Å². The van der Waals surface area contributed by atoms with E-state index in [2.05, 4.69) is 155 Å². The van der Waals surface area contributed by atoms with E-state index in [0.717, 1.165) is 0 Å². The first-order valence-corrected chi connectivity index (χ1v) is 24.4. The Kier molecular flexibility index (Phi) is 9.33. The summed E-state index contributed by atoms with van der Waals surface area (Å²) in [5, 5.41) is 0. The van der Waals surface area contributed by atoms with Crippen molar-refractivity contribution in [2.45, 2.75) is 172 Å². The van der Waals surface area contributed by atoms with Crippen LogP contribution in [0.3, 0.4) is 0 Å². The van der Waals surface area contributed by atoms with Crippen LogP contribution < -0.4 is 0 Å². The summed E-state index contributed by atoms with van der Waals surface area (Å²) < 4.78 is 20.1. The summed E-state index contributed by atoms with van der Waals surface area (Å²) in [5.74, 6) is 0. The number of hydrogen-bond donors (Lipinski definition) is 0. The molecule has 2 heterocycles. The number of hydrogen-bond acceptors (Lipinski definition) is 5. The van der Waals surface area contributed by atoms with Crippen LogP contribution in [0.15, 0.2) is 4.76 Å². The van der Waals surface area contributed by atoms with Gasteiger partial charge >= 0.3 is 7.71 Å². The summed E-state index contributed by atoms with van der Waals surface area (Å²) in [4.78, 5) is 0. The van der Waals surface area contributed by atoms with Crippen LogP contribution in [0.1, 0.15) is 104 Å². The third kappa shape index (κ3) is 5.02. The Labute approximate surface area is 235 Å². The molecular formula is C28H64N5P2Si2+. The fraction of sp³-hybridized carbons (Fsp3) is 0.929. The van der Waals surface area contributed by atoms with Gasteiger partial charge in [0.2, 0.25) is 8.40 Å². The molecule has 2 aliphatic rings. The summed E-state index contributed by atoms with van der Waals surface area (Å²) in [6.45, 7) is 49.7. The van der Waals surface area contributed by atoms with E-state index in [1.165, 1.54) is 5.45 Å². The molecule has 0 aromatic rings. The van der Waals surface area contributed by atoms with Gasteiger partial charge in [-0.15, -0.1) is 9.34 Å². The van der Waals surface area contributed by atoms with E-state index in [1.54, 1.807) is 0 Å². The highest BCUT2D eigenvalue weighted by molar-refractivity contribution is 8.16. The third-order valence-corrected chi connectivity index (χ3v) is 33.0. The Hall–Kier alpha value is 0.674. The minimum absolute atomic E-state index is 0.0912. The predicted octanol–water partition coefficient (Wildman–Crippen LogP) is 9.19. The van der Waals surface area contributed by atoms with E-state index in [4.69, 9.17) is 4.76 Å². The lowest BCUT2D eigenvalue weighted by Gasteiger charge is -2.73. The predicted molar refractivity (Wildman–Crippen MR) is 180 cm³/mol. The minimum Gasteiger partial charge on any atom is -0.268 e. The molecule has 2 aliphatic heterocycles. The molecule has 2 rings (SSSR count). The molecule has 0 aromatic heterocycles. The third-order valence-electron chi connectivity index (χ3n) is 7.63. The molecule has 5 nitrogen and oxygen atoms in total. The lowest BCUT2D eigenvalue weighted by molar-refractivity contribution is 0.242. The van der Waals surface area contributed by atoms with Gasteiger partial charge in [-0.1, -0.05) is 24.4 Å². The lowest BCUT2D eigenvalue weighted by atomic mass is 10.1. The van der Waals surface area contributed by atoms with Crippen molar-refractivity contribution in [3.63, 3.8) is 0 Å². The summed E-state index contributed by atoms with van der Waals surface area (Å²) >= 11 is 0. The van der Waals surface area contributed by atoms with Crippen LogP contribution in [-0.2, 0) is 0 Å². The first kappa shape index (κ1) is 33.9. The minimum atomic E-state index is -2.22. The fourth-order valence-corrected chi connectivity index (χ4v) is 41.0. The molecule has 0 aliphatic carbocycles. The average Bonchev–Trinajstić information content (AvgIpc) is 2.79. The number of nitrogens with zero attached hydrogens (tertiary/aromatic N) is 5. The maximum Gasteiger partial charge on any atom is 0.304 e. The molecule has 0 unspecified atom stereocenters. The van der Waals surface area contributed by atoms with Gasteiger partial charge in [-0.3, -0.25) is 8.67 Å². The molecule has 0 N–H and O–H groups in total. The molecule has 218 valence electrons. The average molecular weight is 589 g/mol. The molecule has 0 saturated carbocycles. The fourth-order valence-electron chi connectivity index (χ4n) is 8.33. The van der Waals surface area contributed by atoms with Gasteiger partial charge in [0.05, 0.1) is 7.19 Å². The second-order valence-electron chi connectivity index (χ2n) is 16.0. The van der Waals surface area contributed by atoms with Crippen molar-refractivity contribution in [2.75, 3.05) is 0 Å². The van der Waals surface area contributed by atoms with E-state index >= 15 is 0 Å². The highest BCUT2D eigenvalue weighted by Gasteiger charge is 2.78. The van der Waals surface area contributed by atoms with Gasteiger partial charge in [-0.2, -0.15) is 0 Å². The molecule has 0 radical (unpaired) electrons. The molecule has 0 aromatic carbocycles. The van der Waals surface area contributed by atoms with E-state index in [1.807, 2.05) is 4.66 Å². The van der Waals surface area contributed by atoms with Crippen molar-refractivity contribution in [1.82, 2.24) is 18.0 Å². The second kappa shape index (κ2) is 10.2. The zero-order chi connectivity index (χ0) is 29.5. The Balaban J connectivity index is 3.41. The summed E-state index contributed by atoms with van der Waals surface area (Å²) in [5.41, 5.74) is 1.63. The molecule has 37 heavy (non-hydrogen) atoms. The van der Waals surface area contributed by atoms with Crippen LogP contribution in [0.4, 0.5) is 0 Å². The van der Waals surface area contributed by atoms with Gasteiger partial charge in [-0.25, -0.2) is 0 Å². The van der Waals surface area contributed by atoms with Crippen molar-refractivity contribution in [3.05, 3.63) is 0 Å². The molecule has 0 bridgehead atoms. The van der Waals surface area contributed by atoms with Crippen molar-refractivity contribution < 1.29 is 0 Å². The molecule has 0 atom stereocenters. The number of rotatable bonds is 7. The van der Waals surface area contributed by atoms with Gasteiger partial charge in [0.25, 0.3) is 0 Å². The maximum atomic E-state index is 6.19. The van der Waals surface area contributed by atoms with Crippen molar-refractivity contribution in [2.24, 2.45) is 4.76 Å². The van der Waals surface area contributed by atoms with Gasteiger partial charge in [-0.05, 0) is 117 Å². The van der Waals surface area contributed by atoms with Gasteiger partial charge < -0.3 is 0 Å². The van der Waals surface area contributed by atoms with Gasteiger partial charge in [0, 0.05) is 35.2 Å². The topological polar surface area (TPSA) is 25.3 Å². The lowest BCUT2D eigenvalue weighted by Crippen LogP contribution is -2.80. The summed E-state index contributed by atoms with van der Waals surface area (Å²) in [6, 6.07) is 1.69. The van der Waals surface area contributed by atoms with Gasteiger partial charge in [0.15, 0.2) is 0 Å². The van der Waals surface area contributed by atoms with E-state index in [9.17, 15) is 0 Å². The van der Waals surface area contributed by atoms with Gasteiger partial charge in [0.1, 0.15) is 18.2 Å². The van der Waals surface area contributed by atoms with Crippen molar-refractivity contribution >= 4 is 41.5 Å². The molecule has 0 amide bonds. The monoisotopic (exact) mass is 588 g/mol. The van der Waals surface area contributed by atoms with Crippen LogP contribution in [0.25, 0.3) is 0 Å². The molecule has 1 spiro atoms. The molecular weight excluding hydrogens is 524 g/mol. The van der Waals surface area contributed by atoms with Crippen LogP contribution in [-0.4, -0.2) is 79.8 Å². The first-order chi connectivity index (χ1) is 16.3. The molecule has 1 fully saturated rings. The van der Waals surface area contributed by atoms with Crippen LogP contribution >= 0.6 is 14.9 Å². The van der Waals surface area contributed by atoms with Crippen molar-refractivity contribution in [1.29, 1.82) is 0 Å². The normalized spacial score (nSPS) is 23.0. The summed E-state index contributed by atoms with van der Waals surface area (Å²) in [6.07, 6.45) is 0. The highest BCUT2D eigenvalue weighted by atomic mass is 31.2. The Morgan fingerprint density at radius 2 is 1.03 bits per heavy atom. The first-order valence-electron chi connectivity index (χ1n) is 14.7. The quantitative estimate of drug-likeness (QED) is 0.219. The van der Waals surface area contributed by atoms with Crippen LogP contribution in [0.5, 0.6) is 0 Å². The SMILES string of the molecule is CC1=N[P+](N(C(C)C)C(C)C)(N(C(C)C)C(C)C)C([Si](C)(C)C)=P12N(C(C)(C)C)[Si](C)(C)N2C(C)(C)C. The Morgan fingerprint density at radius 1 is 0.730 bits per heavy atom. The zero-order valence-electron chi connectivity index (χ0n) is 28.4. The standard InChI is InChI=1S/C28H64N5P2Si2/c1-21(2)30(22(3)4)35(31(23(5)6)24(7)8)26(36(16,17)18)34(25(9)29-35)32(27(10,11)12)37(19,20)33(34)28(13,14)15/h21-24H,1-20H3/q+1. The van der Waals surface area contributed by atoms with Crippen LogP contribution in [0.2, 0.25) is 32.7 Å². The Bertz CT molecular complexity index is 885. The largest absolute Gasteiger partial charge is 0.304 e. The molecule has 1 saturated heterocycles. The molecule has 9 heteroatoms. The van der Waals surface area contributed by atoms with E-state index in [0.29, 0.717) is 24.2 Å². The maximum absolute atomic E-state index is 6.19.